The van der Waals surface area contributed by atoms with E-state index in [4.69, 9.17) is 0 Å². The van der Waals surface area contributed by atoms with Gasteiger partial charge in [0.15, 0.2) is 11.5 Å². The third-order valence-corrected chi connectivity index (χ3v) is 2.40. The van der Waals surface area contributed by atoms with Crippen LogP contribution in [-0.4, -0.2) is 11.5 Å². The summed E-state index contributed by atoms with van der Waals surface area (Å²) >= 11 is 0. The number of alkyl halides is 1. The molecule has 0 amide bonds. The molecule has 0 aromatic heterocycles. The van der Waals surface area contributed by atoms with E-state index < -0.39 is 11.5 Å². The molecule has 0 fully saturated rings. The predicted octanol–water partition coefficient (Wildman–Crippen LogP) is 3.21. The van der Waals surface area contributed by atoms with E-state index >= 15 is 0 Å². The summed E-state index contributed by atoms with van der Waals surface area (Å²) in [5, 5.41) is 0. The van der Waals surface area contributed by atoms with Gasteiger partial charge in [-0.05, 0) is 19.8 Å². The van der Waals surface area contributed by atoms with Gasteiger partial charge in [-0.3, -0.25) is 4.79 Å². The summed E-state index contributed by atoms with van der Waals surface area (Å²) in [4.78, 5) is 11.7. The smallest absolute Gasteiger partial charge is 0.199 e. The van der Waals surface area contributed by atoms with Gasteiger partial charge < -0.3 is 0 Å². The van der Waals surface area contributed by atoms with Crippen LogP contribution >= 0.6 is 0 Å². The van der Waals surface area contributed by atoms with Crippen molar-refractivity contribution in [1.82, 2.24) is 0 Å². The molecular formula is C12H14FO. The standard InChI is InChI=1S/C12H14FO/c1-3-12(13,4-2)11(14)10-8-6-5-7-9-10/h5-9H,1,3-4H2,2H3. The number of carbonyl (C=O) groups is 1. The number of halogens is 1. The van der Waals surface area contributed by atoms with Gasteiger partial charge in [0.05, 0.1) is 0 Å². The van der Waals surface area contributed by atoms with Crippen LogP contribution in [0.3, 0.4) is 0 Å². The van der Waals surface area contributed by atoms with Gasteiger partial charge in [-0.2, -0.15) is 0 Å². The monoisotopic (exact) mass is 193 g/mol. The van der Waals surface area contributed by atoms with Crippen LogP contribution in [0, 0.1) is 6.92 Å². The average molecular weight is 193 g/mol. The van der Waals surface area contributed by atoms with Crippen LogP contribution in [0.25, 0.3) is 0 Å². The summed E-state index contributed by atoms with van der Waals surface area (Å²) in [6.45, 7) is 5.14. The van der Waals surface area contributed by atoms with E-state index in [0.717, 1.165) is 0 Å². The van der Waals surface area contributed by atoms with Crippen LogP contribution in [0.4, 0.5) is 4.39 Å². The van der Waals surface area contributed by atoms with Gasteiger partial charge in [-0.25, -0.2) is 4.39 Å². The maximum atomic E-state index is 13.9. The van der Waals surface area contributed by atoms with Gasteiger partial charge in [-0.1, -0.05) is 37.3 Å². The van der Waals surface area contributed by atoms with Crippen molar-refractivity contribution in [2.45, 2.75) is 25.4 Å². The van der Waals surface area contributed by atoms with Crippen molar-refractivity contribution in [3.8, 4) is 0 Å². The normalized spacial score (nSPS) is 11.4. The molecule has 0 saturated heterocycles. The Labute approximate surface area is 83.9 Å². The summed E-state index contributed by atoms with van der Waals surface area (Å²) < 4.78 is 13.9. The molecule has 0 N–H and O–H groups in total. The highest BCUT2D eigenvalue weighted by Crippen LogP contribution is 2.25. The molecule has 0 bridgehead atoms. The molecule has 0 aliphatic heterocycles. The van der Waals surface area contributed by atoms with E-state index in [1.807, 2.05) is 0 Å². The predicted molar refractivity (Wildman–Crippen MR) is 54.9 cm³/mol. The lowest BCUT2D eigenvalue weighted by atomic mass is 9.90. The SMILES string of the molecule is [CH2]CC(F)(CC)C(=O)c1ccccc1. The fraction of sp³-hybridized carbons (Fsp3) is 0.333. The first kappa shape index (κ1) is 10.9. The third-order valence-electron chi connectivity index (χ3n) is 2.40. The number of Topliss-reactive ketones (excluding diaryl/α,β-unsaturated/α-hetero) is 1. The van der Waals surface area contributed by atoms with Gasteiger partial charge in [0.1, 0.15) is 0 Å². The maximum absolute atomic E-state index is 13.9. The molecule has 2 heteroatoms. The molecular weight excluding hydrogens is 179 g/mol. The second-order valence-electron chi connectivity index (χ2n) is 3.26. The molecule has 1 unspecified atom stereocenters. The first-order chi connectivity index (χ1) is 6.64. The van der Waals surface area contributed by atoms with Crippen LogP contribution in [0.15, 0.2) is 30.3 Å². The van der Waals surface area contributed by atoms with Gasteiger partial charge in [0, 0.05) is 5.56 Å². The molecule has 0 aliphatic rings. The molecule has 14 heavy (non-hydrogen) atoms. The number of carbonyl (C=O) groups excluding carboxylic acids is 1. The molecule has 1 radical (unpaired) electrons. The molecule has 1 atom stereocenters. The van der Waals surface area contributed by atoms with Gasteiger partial charge in [-0.15, -0.1) is 0 Å². The largest absolute Gasteiger partial charge is 0.291 e. The number of hydrogen-bond donors (Lipinski definition) is 0. The minimum absolute atomic E-state index is 0.0166. The third kappa shape index (κ3) is 2.00. The number of benzene rings is 1. The maximum Gasteiger partial charge on any atom is 0.199 e. The second kappa shape index (κ2) is 4.36. The van der Waals surface area contributed by atoms with Crippen LogP contribution in [-0.2, 0) is 0 Å². The van der Waals surface area contributed by atoms with Crippen LogP contribution in [0.5, 0.6) is 0 Å². The summed E-state index contributed by atoms with van der Waals surface area (Å²) in [6.07, 6.45) is 0.154. The van der Waals surface area contributed by atoms with Crippen LogP contribution < -0.4 is 0 Å². The van der Waals surface area contributed by atoms with E-state index in [2.05, 4.69) is 6.92 Å². The highest BCUT2D eigenvalue weighted by molar-refractivity contribution is 6.02. The lowest BCUT2D eigenvalue weighted by Crippen LogP contribution is -2.32. The first-order valence-electron chi connectivity index (χ1n) is 4.72. The highest BCUT2D eigenvalue weighted by Gasteiger charge is 2.34. The van der Waals surface area contributed by atoms with E-state index in [1.54, 1.807) is 37.3 Å². The van der Waals surface area contributed by atoms with E-state index in [-0.39, 0.29) is 12.8 Å². The zero-order valence-electron chi connectivity index (χ0n) is 8.29. The molecule has 0 saturated carbocycles. The summed E-state index contributed by atoms with van der Waals surface area (Å²) in [7, 11) is 0. The van der Waals surface area contributed by atoms with Crippen molar-refractivity contribution < 1.29 is 9.18 Å². The van der Waals surface area contributed by atoms with Crippen molar-refractivity contribution in [1.29, 1.82) is 0 Å². The Kier molecular flexibility index (Phi) is 3.39. The number of rotatable bonds is 4. The van der Waals surface area contributed by atoms with Crippen molar-refractivity contribution in [3.05, 3.63) is 42.8 Å². The Balaban J connectivity index is 2.95. The van der Waals surface area contributed by atoms with Crippen molar-refractivity contribution in [3.63, 3.8) is 0 Å². The van der Waals surface area contributed by atoms with E-state index in [1.165, 1.54) is 0 Å². The van der Waals surface area contributed by atoms with Gasteiger partial charge in [0.2, 0.25) is 0 Å². The lowest BCUT2D eigenvalue weighted by molar-refractivity contribution is 0.0677. The van der Waals surface area contributed by atoms with Crippen molar-refractivity contribution in [2.24, 2.45) is 0 Å². The Morgan fingerprint density at radius 3 is 2.43 bits per heavy atom. The average Bonchev–Trinajstić information content (AvgIpc) is 2.28. The molecule has 1 aromatic rings. The molecule has 1 aromatic carbocycles. The lowest BCUT2D eigenvalue weighted by Gasteiger charge is -2.20. The van der Waals surface area contributed by atoms with E-state index in [9.17, 15) is 9.18 Å². The minimum Gasteiger partial charge on any atom is -0.291 e. The zero-order valence-corrected chi connectivity index (χ0v) is 8.29. The summed E-state index contributed by atoms with van der Waals surface area (Å²) in [5.74, 6) is -0.462. The number of ketones is 1. The molecule has 0 aliphatic carbocycles. The summed E-state index contributed by atoms with van der Waals surface area (Å²) in [5.41, 5.74) is -1.39. The van der Waals surface area contributed by atoms with Crippen LogP contribution in [0.2, 0.25) is 0 Å². The second-order valence-corrected chi connectivity index (χ2v) is 3.26. The van der Waals surface area contributed by atoms with Crippen molar-refractivity contribution >= 4 is 5.78 Å². The Morgan fingerprint density at radius 2 is 2.00 bits per heavy atom. The van der Waals surface area contributed by atoms with Gasteiger partial charge >= 0.3 is 0 Å². The Bertz CT molecular complexity index is 301. The quantitative estimate of drug-likeness (QED) is 0.671. The number of hydrogen-bond acceptors (Lipinski definition) is 1. The van der Waals surface area contributed by atoms with Gasteiger partial charge in [0.25, 0.3) is 0 Å². The fourth-order valence-corrected chi connectivity index (χ4v) is 1.30. The highest BCUT2D eigenvalue weighted by atomic mass is 19.1. The first-order valence-corrected chi connectivity index (χ1v) is 4.72. The molecule has 0 heterocycles. The molecule has 1 rings (SSSR count). The molecule has 75 valence electrons. The zero-order chi connectivity index (χ0) is 10.6. The Hall–Kier alpha value is -1.18. The summed E-state index contributed by atoms with van der Waals surface area (Å²) in [6, 6.07) is 8.51. The van der Waals surface area contributed by atoms with E-state index in [0.29, 0.717) is 5.56 Å². The van der Waals surface area contributed by atoms with Crippen molar-refractivity contribution in [2.75, 3.05) is 0 Å². The molecule has 1 nitrogen and oxygen atoms in total. The minimum atomic E-state index is -1.80. The van der Waals surface area contributed by atoms with Crippen LogP contribution in [0.1, 0.15) is 30.1 Å². The molecule has 0 spiro atoms. The fourth-order valence-electron chi connectivity index (χ4n) is 1.30. The Morgan fingerprint density at radius 1 is 1.43 bits per heavy atom. The topological polar surface area (TPSA) is 17.1 Å².